The van der Waals surface area contributed by atoms with Crippen molar-refractivity contribution in [2.45, 2.75) is 31.9 Å². The van der Waals surface area contributed by atoms with E-state index in [1.165, 1.54) is 6.42 Å². The van der Waals surface area contributed by atoms with Crippen molar-refractivity contribution in [3.63, 3.8) is 0 Å². The summed E-state index contributed by atoms with van der Waals surface area (Å²) >= 11 is 0. The molecule has 0 amide bonds. The third kappa shape index (κ3) is 3.56. The lowest BCUT2D eigenvalue weighted by atomic mass is 9.73. The number of carbonyl (C=O) groups excluding carboxylic acids is 1. The number of aromatic nitrogens is 1. The standard InChI is InChI=1S/C23H28N2O3/c1-4-16-13-25-10-8-17(16)11-22(25)23(28-14-15(2)26)19-7-9-24-21-6-5-18(27-3)12-20(19)21/h4-7,9,12,16-17,22-23H,1,8,10-11,13-14H2,2-3H3/t16-,17+,22-,23+/m1/s1. The first-order chi connectivity index (χ1) is 13.6. The van der Waals surface area contributed by atoms with Gasteiger partial charge in [0.25, 0.3) is 0 Å². The summed E-state index contributed by atoms with van der Waals surface area (Å²) in [5.74, 6) is 2.02. The average molecular weight is 380 g/mol. The molecule has 0 N–H and O–H groups in total. The smallest absolute Gasteiger partial charge is 0.155 e. The summed E-state index contributed by atoms with van der Waals surface area (Å²) in [5, 5.41) is 1.03. The zero-order valence-electron chi connectivity index (χ0n) is 16.6. The third-order valence-corrected chi connectivity index (χ3v) is 6.26. The molecule has 5 atom stereocenters. The Bertz CT molecular complexity index is 881. The fourth-order valence-corrected chi connectivity index (χ4v) is 4.83. The van der Waals surface area contributed by atoms with E-state index in [0.717, 1.165) is 41.7 Å². The van der Waals surface area contributed by atoms with E-state index in [1.807, 2.05) is 30.5 Å². The Morgan fingerprint density at radius 2 is 2.29 bits per heavy atom. The molecule has 5 rings (SSSR count). The minimum Gasteiger partial charge on any atom is -0.497 e. The lowest BCUT2D eigenvalue weighted by Gasteiger charge is -2.51. The molecule has 3 saturated heterocycles. The number of Topliss-reactive ketones (excluding diaryl/α,β-unsaturated/α-hetero) is 1. The zero-order valence-corrected chi connectivity index (χ0v) is 16.6. The highest BCUT2D eigenvalue weighted by Crippen LogP contribution is 2.43. The van der Waals surface area contributed by atoms with Gasteiger partial charge in [-0.15, -0.1) is 6.58 Å². The molecule has 0 aliphatic carbocycles. The number of rotatable bonds is 7. The van der Waals surface area contributed by atoms with Crippen LogP contribution in [-0.2, 0) is 9.53 Å². The second-order valence-corrected chi connectivity index (χ2v) is 7.96. The topological polar surface area (TPSA) is 51.7 Å². The third-order valence-electron chi connectivity index (χ3n) is 6.26. The Balaban J connectivity index is 1.74. The molecular weight excluding hydrogens is 352 g/mol. The number of hydrogen-bond acceptors (Lipinski definition) is 5. The lowest BCUT2D eigenvalue weighted by Crippen LogP contribution is -2.55. The highest BCUT2D eigenvalue weighted by molar-refractivity contribution is 5.84. The molecule has 3 fully saturated rings. The van der Waals surface area contributed by atoms with Gasteiger partial charge in [-0.05, 0) is 68.0 Å². The highest BCUT2D eigenvalue weighted by Gasteiger charge is 2.43. The molecule has 1 aromatic heterocycles. The van der Waals surface area contributed by atoms with Gasteiger partial charge in [0.15, 0.2) is 5.78 Å². The maximum atomic E-state index is 11.7. The quantitative estimate of drug-likeness (QED) is 0.684. The fraction of sp³-hybridized carbons (Fsp3) is 0.478. The van der Waals surface area contributed by atoms with E-state index in [2.05, 4.69) is 22.5 Å². The Morgan fingerprint density at radius 3 is 2.96 bits per heavy atom. The van der Waals surface area contributed by atoms with Gasteiger partial charge in [0.05, 0.1) is 18.7 Å². The molecule has 5 nitrogen and oxygen atoms in total. The summed E-state index contributed by atoms with van der Waals surface area (Å²) in [5.41, 5.74) is 1.99. The molecule has 3 aliphatic heterocycles. The number of carbonyl (C=O) groups is 1. The van der Waals surface area contributed by atoms with Crippen LogP contribution in [0.2, 0.25) is 0 Å². The molecule has 0 spiro atoms. The number of nitrogens with zero attached hydrogens (tertiary/aromatic N) is 2. The van der Waals surface area contributed by atoms with E-state index >= 15 is 0 Å². The number of methoxy groups -OCH3 is 1. The lowest BCUT2D eigenvalue weighted by molar-refractivity contribution is -0.128. The second-order valence-electron chi connectivity index (χ2n) is 7.96. The molecule has 28 heavy (non-hydrogen) atoms. The minimum absolute atomic E-state index is 0.0425. The van der Waals surface area contributed by atoms with Crippen LogP contribution in [0.25, 0.3) is 10.9 Å². The van der Waals surface area contributed by atoms with Crippen molar-refractivity contribution >= 4 is 16.7 Å². The van der Waals surface area contributed by atoms with Gasteiger partial charge in [0.2, 0.25) is 0 Å². The number of ketones is 1. The normalized spacial score (nSPS) is 27.5. The number of fused-ring (bicyclic) bond motifs is 4. The summed E-state index contributed by atoms with van der Waals surface area (Å²) in [6.07, 6.45) is 6.03. The van der Waals surface area contributed by atoms with E-state index in [-0.39, 0.29) is 24.5 Å². The van der Waals surface area contributed by atoms with Crippen molar-refractivity contribution in [1.82, 2.24) is 9.88 Å². The molecule has 5 heteroatoms. The molecule has 1 aromatic carbocycles. The SMILES string of the molecule is C=C[C@@H]1CN2CC[C@H]1C[C@@H]2[C@@H](OCC(C)=O)c1ccnc2ccc(OC)cc12. The first-order valence-electron chi connectivity index (χ1n) is 10.0. The number of benzene rings is 1. The summed E-state index contributed by atoms with van der Waals surface area (Å²) in [7, 11) is 1.67. The predicted molar refractivity (Wildman–Crippen MR) is 109 cm³/mol. The van der Waals surface area contributed by atoms with Crippen molar-refractivity contribution in [3.8, 4) is 5.75 Å². The summed E-state index contributed by atoms with van der Waals surface area (Å²) in [6, 6.07) is 8.20. The molecule has 0 radical (unpaired) electrons. The Morgan fingerprint density at radius 1 is 1.43 bits per heavy atom. The molecule has 2 bridgehead atoms. The van der Waals surface area contributed by atoms with Gasteiger partial charge in [0, 0.05) is 24.2 Å². The molecule has 148 valence electrons. The van der Waals surface area contributed by atoms with Gasteiger partial charge >= 0.3 is 0 Å². The van der Waals surface area contributed by atoms with Crippen molar-refractivity contribution in [2.24, 2.45) is 11.8 Å². The van der Waals surface area contributed by atoms with Crippen LogP contribution >= 0.6 is 0 Å². The first-order valence-corrected chi connectivity index (χ1v) is 10.0. The number of hydrogen-bond donors (Lipinski definition) is 0. The van der Waals surface area contributed by atoms with Crippen molar-refractivity contribution < 1.29 is 14.3 Å². The van der Waals surface area contributed by atoms with Crippen LogP contribution < -0.4 is 4.74 Å². The van der Waals surface area contributed by atoms with Crippen LogP contribution in [0.5, 0.6) is 5.75 Å². The van der Waals surface area contributed by atoms with Crippen molar-refractivity contribution in [1.29, 1.82) is 0 Å². The van der Waals surface area contributed by atoms with Gasteiger partial charge in [0.1, 0.15) is 12.4 Å². The highest BCUT2D eigenvalue weighted by atomic mass is 16.5. The Hall–Kier alpha value is -2.24. The maximum absolute atomic E-state index is 11.7. The molecule has 1 unspecified atom stereocenters. The van der Waals surface area contributed by atoms with Crippen molar-refractivity contribution in [3.05, 3.63) is 48.7 Å². The molecular formula is C23H28N2O3. The van der Waals surface area contributed by atoms with E-state index in [1.54, 1.807) is 14.0 Å². The van der Waals surface area contributed by atoms with E-state index < -0.39 is 0 Å². The van der Waals surface area contributed by atoms with Crippen LogP contribution in [0, 0.1) is 11.8 Å². The van der Waals surface area contributed by atoms with Crippen LogP contribution in [-0.4, -0.2) is 48.5 Å². The Kier molecular flexibility index (Phi) is 5.47. The summed E-state index contributed by atoms with van der Waals surface area (Å²) in [6.45, 7) is 7.82. The monoisotopic (exact) mass is 380 g/mol. The molecule has 0 saturated carbocycles. The zero-order chi connectivity index (χ0) is 19.7. The number of pyridine rings is 1. The van der Waals surface area contributed by atoms with Gasteiger partial charge in [-0.25, -0.2) is 0 Å². The first kappa shape index (κ1) is 19.1. The van der Waals surface area contributed by atoms with Gasteiger partial charge in [-0.3, -0.25) is 14.7 Å². The summed E-state index contributed by atoms with van der Waals surface area (Å²) < 4.78 is 11.7. The van der Waals surface area contributed by atoms with Crippen molar-refractivity contribution in [2.75, 3.05) is 26.8 Å². The van der Waals surface area contributed by atoms with Gasteiger partial charge in [-0.2, -0.15) is 0 Å². The van der Waals surface area contributed by atoms with E-state index in [9.17, 15) is 4.79 Å². The van der Waals surface area contributed by atoms with Gasteiger partial charge in [-0.1, -0.05) is 6.08 Å². The maximum Gasteiger partial charge on any atom is 0.155 e. The van der Waals surface area contributed by atoms with Crippen LogP contribution in [0.15, 0.2) is 43.1 Å². The molecule has 2 aromatic rings. The second kappa shape index (κ2) is 8.02. The van der Waals surface area contributed by atoms with Crippen LogP contribution in [0.4, 0.5) is 0 Å². The summed E-state index contributed by atoms with van der Waals surface area (Å²) in [4.78, 5) is 18.7. The molecule has 4 heterocycles. The number of ether oxygens (including phenoxy) is 2. The Labute approximate surface area is 166 Å². The van der Waals surface area contributed by atoms with E-state index in [0.29, 0.717) is 11.8 Å². The van der Waals surface area contributed by atoms with Gasteiger partial charge < -0.3 is 9.47 Å². The molecule has 3 aliphatic rings. The largest absolute Gasteiger partial charge is 0.497 e. The fourth-order valence-electron chi connectivity index (χ4n) is 4.83. The number of piperidine rings is 3. The predicted octanol–water partition coefficient (Wildman–Crippen LogP) is 3.79. The van der Waals surface area contributed by atoms with Crippen LogP contribution in [0.3, 0.4) is 0 Å². The minimum atomic E-state index is -0.171. The van der Waals surface area contributed by atoms with Crippen LogP contribution in [0.1, 0.15) is 31.4 Å². The average Bonchev–Trinajstić information content (AvgIpc) is 2.73. The van der Waals surface area contributed by atoms with E-state index in [4.69, 9.17) is 9.47 Å².